The maximum atomic E-state index is 11.4. The van der Waals surface area contributed by atoms with Gasteiger partial charge in [-0.25, -0.2) is 4.79 Å². The second-order valence-corrected chi connectivity index (χ2v) is 4.30. The minimum Gasteiger partial charge on any atom is -0.477 e. The molecule has 0 fully saturated rings. The van der Waals surface area contributed by atoms with E-state index >= 15 is 0 Å². The molecule has 0 aliphatic heterocycles. The van der Waals surface area contributed by atoms with Crippen LogP contribution in [0.5, 0.6) is 0 Å². The van der Waals surface area contributed by atoms with Crippen LogP contribution in [0.2, 0.25) is 0 Å². The van der Waals surface area contributed by atoms with E-state index in [9.17, 15) is 9.90 Å². The summed E-state index contributed by atoms with van der Waals surface area (Å²) in [6.07, 6.45) is 0. The maximum Gasteiger partial charge on any atom is 0.341 e. The zero-order valence-electron chi connectivity index (χ0n) is 10.8. The topological polar surface area (TPSA) is 72.6 Å². The minimum absolute atomic E-state index is 0.107. The Hall–Kier alpha value is -2.14. The van der Waals surface area contributed by atoms with Gasteiger partial charge in [-0.15, -0.1) is 0 Å². The van der Waals surface area contributed by atoms with Crippen LogP contribution < -0.4 is 0 Å². The summed E-state index contributed by atoms with van der Waals surface area (Å²) in [5.74, 6) is -0.901. The highest BCUT2D eigenvalue weighted by Gasteiger charge is 2.26. The van der Waals surface area contributed by atoms with E-state index in [-0.39, 0.29) is 17.2 Å². The van der Waals surface area contributed by atoms with Crippen LogP contribution in [0.1, 0.15) is 28.9 Å². The third kappa shape index (κ3) is 2.66. The van der Waals surface area contributed by atoms with Crippen LogP contribution in [0.3, 0.4) is 0 Å². The van der Waals surface area contributed by atoms with Gasteiger partial charge in [0, 0.05) is 18.6 Å². The first kappa shape index (κ1) is 13.3. The lowest BCUT2D eigenvalue weighted by Gasteiger charge is -2.07. The van der Waals surface area contributed by atoms with E-state index in [1.54, 1.807) is 19.2 Å². The molecule has 0 spiro atoms. The molecular weight excluding hydrogens is 246 g/mol. The van der Waals surface area contributed by atoms with Gasteiger partial charge in [0.1, 0.15) is 11.3 Å². The Morgan fingerprint density at radius 3 is 2.68 bits per heavy atom. The summed E-state index contributed by atoms with van der Waals surface area (Å²) in [7, 11) is 1.56. The van der Waals surface area contributed by atoms with Crippen molar-refractivity contribution in [1.29, 1.82) is 0 Å². The Bertz CT molecular complexity index is 562. The van der Waals surface area contributed by atoms with Crippen LogP contribution in [0.4, 0.5) is 0 Å². The van der Waals surface area contributed by atoms with Gasteiger partial charge in [-0.05, 0) is 0 Å². The lowest BCUT2D eigenvalue weighted by molar-refractivity contribution is 0.0695. The van der Waals surface area contributed by atoms with Crippen molar-refractivity contribution in [2.75, 3.05) is 13.7 Å². The number of hydrogen-bond donors (Lipinski definition) is 1. The van der Waals surface area contributed by atoms with E-state index in [4.69, 9.17) is 9.26 Å². The van der Waals surface area contributed by atoms with Crippen molar-refractivity contribution in [3.8, 4) is 11.3 Å². The second-order valence-electron chi connectivity index (χ2n) is 4.30. The first-order chi connectivity index (χ1) is 9.15. The number of ether oxygens (including phenoxy) is 1. The highest BCUT2D eigenvalue weighted by atomic mass is 16.5. The molecule has 2 aromatic rings. The van der Waals surface area contributed by atoms with Gasteiger partial charge >= 0.3 is 5.97 Å². The Kier molecular flexibility index (Phi) is 3.97. The second kappa shape index (κ2) is 5.67. The molecular formula is C14H15NO4. The van der Waals surface area contributed by atoms with Crippen LogP contribution in [0.15, 0.2) is 34.9 Å². The van der Waals surface area contributed by atoms with Crippen molar-refractivity contribution in [2.24, 2.45) is 0 Å². The lowest BCUT2D eigenvalue weighted by atomic mass is 10.0. The number of nitrogens with zero attached hydrogens (tertiary/aromatic N) is 1. The highest BCUT2D eigenvalue weighted by molar-refractivity contribution is 5.95. The van der Waals surface area contributed by atoms with Gasteiger partial charge < -0.3 is 14.4 Å². The molecule has 0 amide bonds. The first-order valence-electron chi connectivity index (χ1n) is 5.92. The molecule has 100 valence electrons. The summed E-state index contributed by atoms with van der Waals surface area (Å²) in [4.78, 5) is 11.4. The molecule has 0 aliphatic carbocycles. The number of rotatable bonds is 5. The number of carboxylic acids is 1. The van der Waals surface area contributed by atoms with Crippen molar-refractivity contribution in [3.63, 3.8) is 0 Å². The van der Waals surface area contributed by atoms with Crippen molar-refractivity contribution < 1.29 is 19.2 Å². The van der Waals surface area contributed by atoms with Gasteiger partial charge in [0.05, 0.1) is 6.61 Å². The normalized spacial score (nSPS) is 12.3. The summed E-state index contributed by atoms with van der Waals surface area (Å²) < 4.78 is 10.3. The third-order valence-electron chi connectivity index (χ3n) is 2.85. The summed E-state index contributed by atoms with van der Waals surface area (Å²) >= 11 is 0. The third-order valence-corrected chi connectivity index (χ3v) is 2.85. The Balaban J connectivity index is 2.49. The predicted octanol–water partition coefficient (Wildman–Crippen LogP) is 2.79. The summed E-state index contributed by atoms with van der Waals surface area (Å²) in [5, 5.41) is 13.3. The molecule has 0 saturated carbocycles. The largest absolute Gasteiger partial charge is 0.477 e. The maximum absolute atomic E-state index is 11.4. The monoisotopic (exact) mass is 261 g/mol. The van der Waals surface area contributed by atoms with E-state index in [1.807, 2.05) is 25.1 Å². The smallest absolute Gasteiger partial charge is 0.341 e. The average molecular weight is 261 g/mol. The van der Waals surface area contributed by atoms with Gasteiger partial charge in [0.25, 0.3) is 0 Å². The zero-order chi connectivity index (χ0) is 13.8. The van der Waals surface area contributed by atoms with E-state index in [0.717, 1.165) is 0 Å². The van der Waals surface area contributed by atoms with Gasteiger partial charge in [-0.1, -0.05) is 42.4 Å². The Morgan fingerprint density at radius 2 is 2.11 bits per heavy atom. The van der Waals surface area contributed by atoms with Crippen molar-refractivity contribution in [2.45, 2.75) is 12.8 Å². The SMILES string of the molecule is COCC(C)c1noc(-c2ccccc2)c1C(=O)O. The summed E-state index contributed by atoms with van der Waals surface area (Å²) in [6.45, 7) is 2.24. The Morgan fingerprint density at radius 1 is 1.42 bits per heavy atom. The number of aromatic nitrogens is 1. The standard InChI is InChI=1S/C14H15NO4/c1-9(8-18-2)12-11(14(16)17)13(19-15-12)10-6-4-3-5-7-10/h3-7,9H,8H2,1-2H3,(H,16,17). The molecule has 1 aromatic heterocycles. The highest BCUT2D eigenvalue weighted by Crippen LogP contribution is 2.30. The molecule has 0 bridgehead atoms. The van der Waals surface area contributed by atoms with Crippen LogP contribution >= 0.6 is 0 Å². The van der Waals surface area contributed by atoms with Crippen LogP contribution in [-0.4, -0.2) is 29.9 Å². The molecule has 1 aromatic carbocycles. The quantitative estimate of drug-likeness (QED) is 0.895. The van der Waals surface area contributed by atoms with Crippen molar-refractivity contribution in [3.05, 3.63) is 41.6 Å². The molecule has 0 radical (unpaired) electrons. The number of carbonyl (C=O) groups is 1. The number of benzene rings is 1. The molecule has 1 heterocycles. The van der Waals surface area contributed by atoms with Crippen molar-refractivity contribution >= 4 is 5.97 Å². The molecule has 5 nitrogen and oxygen atoms in total. The molecule has 1 unspecified atom stereocenters. The van der Waals surface area contributed by atoms with E-state index in [0.29, 0.717) is 17.9 Å². The zero-order valence-corrected chi connectivity index (χ0v) is 10.8. The Labute approximate surface area is 110 Å². The number of carboxylic acid groups (broad SMARTS) is 1. The fraction of sp³-hybridized carbons (Fsp3) is 0.286. The lowest BCUT2D eigenvalue weighted by Crippen LogP contribution is -2.09. The number of hydrogen-bond acceptors (Lipinski definition) is 4. The van der Waals surface area contributed by atoms with E-state index < -0.39 is 5.97 Å². The molecule has 5 heteroatoms. The summed E-state index contributed by atoms with van der Waals surface area (Å²) in [5.41, 5.74) is 1.22. The molecule has 2 rings (SSSR count). The molecule has 1 N–H and O–H groups in total. The van der Waals surface area contributed by atoms with Crippen LogP contribution in [-0.2, 0) is 4.74 Å². The number of aromatic carboxylic acids is 1. The van der Waals surface area contributed by atoms with Crippen LogP contribution in [0, 0.1) is 0 Å². The molecule has 19 heavy (non-hydrogen) atoms. The molecule has 0 aliphatic rings. The van der Waals surface area contributed by atoms with Gasteiger partial charge in [0.15, 0.2) is 5.76 Å². The van der Waals surface area contributed by atoms with Gasteiger partial charge in [0.2, 0.25) is 0 Å². The fourth-order valence-corrected chi connectivity index (χ4v) is 1.96. The molecule has 0 saturated heterocycles. The van der Waals surface area contributed by atoms with Gasteiger partial charge in [-0.2, -0.15) is 0 Å². The average Bonchev–Trinajstić information content (AvgIpc) is 2.85. The van der Waals surface area contributed by atoms with E-state index in [1.165, 1.54) is 0 Å². The van der Waals surface area contributed by atoms with Crippen molar-refractivity contribution in [1.82, 2.24) is 5.16 Å². The van der Waals surface area contributed by atoms with Crippen LogP contribution in [0.25, 0.3) is 11.3 Å². The van der Waals surface area contributed by atoms with E-state index in [2.05, 4.69) is 5.16 Å². The first-order valence-corrected chi connectivity index (χ1v) is 5.92. The fourth-order valence-electron chi connectivity index (χ4n) is 1.96. The van der Waals surface area contributed by atoms with Gasteiger partial charge in [-0.3, -0.25) is 0 Å². The number of methoxy groups -OCH3 is 1. The predicted molar refractivity (Wildman–Crippen MR) is 69.2 cm³/mol. The minimum atomic E-state index is -1.04. The molecule has 1 atom stereocenters. The summed E-state index contributed by atoms with van der Waals surface area (Å²) in [6, 6.07) is 9.08.